The molecule has 26 heavy (non-hydrogen) atoms. The summed E-state index contributed by atoms with van der Waals surface area (Å²) in [5.41, 5.74) is 3.32. The van der Waals surface area contributed by atoms with Gasteiger partial charge in [-0.1, -0.05) is 35.0 Å². The Labute approximate surface area is 154 Å². The molecule has 1 aliphatic heterocycles. The summed E-state index contributed by atoms with van der Waals surface area (Å²) in [5.74, 6) is 0.667. The first-order valence-corrected chi connectivity index (χ1v) is 8.54. The Morgan fingerprint density at radius 3 is 2.62 bits per heavy atom. The van der Waals surface area contributed by atoms with Crippen LogP contribution < -0.4 is 10.3 Å². The molecular weight excluding hydrogens is 330 g/mol. The molecule has 0 bridgehead atoms. The van der Waals surface area contributed by atoms with E-state index in [0.29, 0.717) is 13.1 Å². The number of nitrogens with one attached hydrogen (secondary N) is 1. The van der Waals surface area contributed by atoms with Crippen molar-refractivity contribution in [2.75, 3.05) is 31.7 Å². The second-order valence-electron chi connectivity index (χ2n) is 6.08. The molecule has 1 N–H and O–H groups in total. The number of allylic oxidation sites excluding steroid dienone is 1. The molecule has 0 unspecified atom stereocenters. The zero-order chi connectivity index (χ0) is 18.9. The number of benzene rings is 1. The van der Waals surface area contributed by atoms with E-state index in [-0.39, 0.29) is 12.5 Å². The first-order valence-electron chi connectivity index (χ1n) is 8.54. The topological polar surface area (TPSA) is 77.4 Å². The quantitative estimate of drug-likeness (QED) is 0.337. The fourth-order valence-corrected chi connectivity index (χ4v) is 3.03. The van der Waals surface area contributed by atoms with Crippen LogP contribution in [-0.4, -0.2) is 44.2 Å². The highest BCUT2D eigenvalue weighted by Gasteiger charge is 2.19. The molecule has 1 aromatic carbocycles. The predicted octanol–water partition coefficient (Wildman–Crippen LogP) is 2.87. The number of amides is 1. The van der Waals surface area contributed by atoms with Gasteiger partial charge >= 0.3 is 0 Å². The van der Waals surface area contributed by atoms with Crippen LogP contribution in [0.15, 0.2) is 63.7 Å². The van der Waals surface area contributed by atoms with Gasteiger partial charge in [-0.25, -0.2) is 5.01 Å². The van der Waals surface area contributed by atoms with Crippen molar-refractivity contribution in [1.82, 2.24) is 10.2 Å². The number of para-hydroxylation sites is 1. The van der Waals surface area contributed by atoms with E-state index in [0.717, 1.165) is 29.9 Å². The summed E-state index contributed by atoms with van der Waals surface area (Å²) < 4.78 is 0. The Kier molecular flexibility index (Phi) is 7.08. The molecular formula is C19H25N5O2. The zero-order valence-corrected chi connectivity index (χ0v) is 15.3. The van der Waals surface area contributed by atoms with Crippen LogP contribution in [-0.2, 0) is 4.79 Å². The molecule has 0 saturated carbocycles. The lowest BCUT2D eigenvalue weighted by Gasteiger charge is -2.27. The highest BCUT2D eigenvalue weighted by atomic mass is 16.3. The molecule has 0 aliphatic carbocycles. The SMILES string of the molecule is C=NN(/C(NC)=C(/C)CC1=CCN(C(=O)CN=O)CC1)c1ccccc1. The molecule has 0 fully saturated rings. The van der Waals surface area contributed by atoms with Crippen molar-refractivity contribution in [3.63, 3.8) is 0 Å². The van der Waals surface area contributed by atoms with Crippen LogP contribution >= 0.6 is 0 Å². The number of hydrazone groups is 1. The Hall–Kier alpha value is -2.96. The smallest absolute Gasteiger partial charge is 0.248 e. The van der Waals surface area contributed by atoms with Gasteiger partial charge in [0.1, 0.15) is 5.82 Å². The molecule has 0 saturated heterocycles. The summed E-state index contributed by atoms with van der Waals surface area (Å²) in [5, 5.41) is 11.8. The van der Waals surface area contributed by atoms with Gasteiger partial charge in [0.15, 0.2) is 6.54 Å². The van der Waals surface area contributed by atoms with E-state index in [1.165, 1.54) is 5.57 Å². The summed E-state index contributed by atoms with van der Waals surface area (Å²) in [6, 6.07) is 9.83. The molecule has 0 radical (unpaired) electrons. The number of carbonyl (C=O) groups excluding carboxylic acids is 1. The third kappa shape index (κ3) is 4.78. The highest BCUT2D eigenvalue weighted by molar-refractivity contribution is 5.78. The first kappa shape index (κ1) is 19.4. The first-order chi connectivity index (χ1) is 12.6. The largest absolute Gasteiger partial charge is 0.373 e. The van der Waals surface area contributed by atoms with Crippen molar-refractivity contribution in [2.45, 2.75) is 19.8 Å². The Morgan fingerprint density at radius 1 is 1.35 bits per heavy atom. The molecule has 1 amide bonds. The van der Waals surface area contributed by atoms with Gasteiger partial charge in [-0.2, -0.15) is 10.0 Å². The van der Waals surface area contributed by atoms with Gasteiger partial charge in [0.05, 0.1) is 5.69 Å². The number of hydrogen-bond acceptors (Lipinski definition) is 6. The summed E-state index contributed by atoms with van der Waals surface area (Å²) in [4.78, 5) is 23.6. The molecule has 1 aliphatic rings. The minimum absolute atomic E-state index is 0.218. The predicted molar refractivity (Wildman–Crippen MR) is 105 cm³/mol. The molecule has 0 atom stereocenters. The van der Waals surface area contributed by atoms with Gasteiger partial charge in [0.25, 0.3) is 0 Å². The zero-order valence-electron chi connectivity index (χ0n) is 15.3. The van der Waals surface area contributed by atoms with Crippen molar-refractivity contribution < 1.29 is 4.79 Å². The second-order valence-corrected chi connectivity index (χ2v) is 6.08. The highest BCUT2D eigenvalue weighted by Crippen LogP contribution is 2.25. The van der Waals surface area contributed by atoms with E-state index in [9.17, 15) is 9.70 Å². The van der Waals surface area contributed by atoms with Crippen LogP contribution in [0.2, 0.25) is 0 Å². The van der Waals surface area contributed by atoms with Gasteiger partial charge in [-0.05, 0) is 37.5 Å². The molecule has 1 heterocycles. The van der Waals surface area contributed by atoms with Gasteiger partial charge in [-0.15, -0.1) is 0 Å². The van der Waals surface area contributed by atoms with E-state index in [2.05, 4.69) is 35.3 Å². The van der Waals surface area contributed by atoms with E-state index >= 15 is 0 Å². The lowest BCUT2D eigenvalue weighted by molar-refractivity contribution is -0.129. The van der Waals surface area contributed by atoms with Crippen molar-refractivity contribution in [3.05, 3.63) is 58.3 Å². The molecule has 138 valence electrons. The van der Waals surface area contributed by atoms with Crippen LogP contribution in [0.3, 0.4) is 0 Å². The van der Waals surface area contributed by atoms with Crippen LogP contribution in [0.1, 0.15) is 19.8 Å². The lowest BCUT2D eigenvalue weighted by Crippen LogP contribution is -2.36. The van der Waals surface area contributed by atoms with Gasteiger partial charge in [0, 0.05) is 26.9 Å². The lowest BCUT2D eigenvalue weighted by atomic mass is 10.00. The standard InChI is InChI=1S/C19H25N5O2/c1-15(13-16-9-11-23(12-10-16)18(25)14-22-26)19(20-2)24(21-3)17-7-5-4-6-8-17/h4-9,20H,3,10-14H2,1-2H3/b19-15-. The molecule has 7 heteroatoms. The maximum atomic E-state index is 11.7. The van der Waals surface area contributed by atoms with E-state index < -0.39 is 0 Å². The number of nitroso groups, excluding NO2 is 1. The summed E-state index contributed by atoms with van der Waals surface area (Å²) >= 11 is 0. The van der Waals surface area contributed by atoms with Crippen molar-refractivity contribution >= 4 is 18.3 Å². The molecule has 1 aromatic rings. The average molecular weight is 355 g/mol. The van der Waals surface area contributed by atoms with Gasteiger partial charge < -0.3 is 10.2 Å². The number of nitrogens with zero attached hydrogens (tertiary/aromatic N) is 4. The van der Waals surface area contributed by atoms with Crippen molar-refractivity contribution in [1.29, 1.82) is 0 Å². The number of rotatable bonds is 8. The van der Waals surface area contributed by atoms with Crippen LogP contribution in [0, 0.1) is 4.91 Å². The summed E-state index contributed by atoms with van der Waals surface area (Å²) in [7, 11) is 1.86. The van der Waals surface area contributed by atoms with Crippen LogP contribution in [0.4, 0.5) is 5.69 Å². The van der Waals surface area contributed by atoms with Crippen LogP contribution in [0.25, 0.3) is 0 Å². The second kappa shape index (κ2) is 9.50. The van der Waals surface area contributed by atoms with Gasteiger partial charge in [0.2, 0.25) is 5.91 Å². The molecule has 0 aromatic heterocycles. The monoisotopic (exact) mass is 355 g/mol. The van der Waals surface area contributed by atoms with E-state index in [1.54, 1.807) is 9.91 Å². The van der Waals surface area contributed by atoms with Crippen LogP contribution in [0.5, 0.6) is 0 Å². The Morgan fingerprint density at radius 2 is 2.08 bits per heavy atom. The Balaban J connectivity index is 2.12. The minimum atomic E-state index is -0.289. The fraction of sp³-hybridized carbons (Fsp3) is 0.368. The third-order valence-corrected chi connectivity index (χ3v) is 4.34. The minimum Gasteiger partial charge on any atom is -0.373 e. The third-order valence-electron chi connectivity index (χ3n) is 4.34. The number of anilines is 1. The van der Waals surface area contributed by atoms with Gasteiger partial charge in [-0.3, -0.25) is 4.79 Å². The summed E-state index contributed by atoms with van der Waals surface area (Å²) in [6.07, 6.45) is 3.62. The van der Waals surface area contributed by atoms with Crippen molar-refractivity contribution in [3.8, 4) is 0 Å². The number of hydrogen-bond donors (Lipinski definition) is 1. The van der Waals surface area contributed by atoms with E-state index in [4.69, 9.17) is 0 Å². The number of carbonyl (C=O) groups is 1. The van der Waals surface area contributed by atoms with Crippen molar-refractivity contribution in [2.24, 2.45) is 10.3 Å². The normalized spacial score (nSPS) is 14.8. The summed E-state index contributed by atoms with van der Waals surface area (Å²) in [6.45, 7) is 6.60. The maximum Gasteiger partial charge on any atom is 0.248 e. The molecule has 7 nitrogen and oxygen atoms in total. The van der Waals surface area contributed by atoms with E-state index in [1.807, 2.05) is 37.4 Å². The average Bonchev–Trinajstić information content (AvgIpc) is 2.67. The molecule has 2 rings (SSSR count). The maximum absolute atomic E-state index is 11.7. The fourth-order valence-electron chi connectivity index (χ4n) is 3.03. The Bertz CT molecular complexity index is 712. The molecule has 0 spiro atoms.